The van der Waals surface area contributed by atoms with E-state index in [4.69, 9.17) is 9.15 Å². The van der Waals surface area contributed by atoms with Crippen molar-refractivity contribution < 1.29 is 9.15 Å². The molecule has 1 N–H and O–H groups in total. The number of likely N-dealkylation sites (tertiary alicyclic amines) is 1. The number of nitrogens with zero attached hydrogens (tertiary/aromatic N) is 4. The quantitative estimate of drug-likeness (QED) is 0.472. The molecular formula is C23H22BrN5O2. The Balaban J connectivity index is 1.42. The molecule has 31 heavy (non-hydrogen) atoms. The van der Waals surface area contributed by atoms with Gasteiger partial charge in [-0.05, 0) is 59.1 Å². The Labute approximate surface area is 188 Å². The molecule has 6 rings (SSSR count). The lowest BCUT2D eigenvalue weighted by molar-refractivity contribution is -0.117. The van der Waals surface area contributed by atoms with Crippen molar-refractivity contribution in [3.05, 3.63) is 64.3 Å². The molecule has 3 atom stereocenters. The van der Waals surface area contributed by atoms with Crippen molar-refractivity contribution in [2.45, 2.75) is 30.4 Å². The summed E-state index contributed by atoms with van der Waals surface area (Å²) in [6.45, 7) is 0.837. The summed E-state index contributed by atoms with van der Waals surface area (Å²) in [5, 5.41) is 10.0. The highest BCUT2D eigenvalue weighted by Gasteiger charge is 2.52. The number of ether oxygens (including phenoxy) is 1. The van der Waals surface area contributed by atoms with E-state index >= 15 is 0 Å². The molecule has 8 heteroatoms. The van der Waals surface area contributed by atoms with E-state index < -0.39 is 5.60 Å². The predicted octanol–water partition coefficient (Wildman–Crippen LogP) is 4.26. The van der Waals surface area contributed by atoms with Crippen molar-refractivity contribution in [2.75, 3.05) is 20.7 Å². The van der Waals surface area contributed by atoms with Crippen LogP contribution in [0, 0.1) is 0 Å². The number of benzene rings is 1. The number of halogens is 1. The number of hydrogen-bond donors (Lipinski definition) is 1. The van der Waals surface area contributed by atoms with E-state index in [0.29, 0.717) is 11.8 Å². The monoisotopic (exact) mass is 479 g/mol. The minimum atomic E-state index is -0.432. The highest BCUT2D eigenvalue weighted by Crippen LogP contribution is 2.51. The topological polar surface area (TPSA) is 80.1 Å². The second-order valence-electron chi connectivity index (χ2n) is 8.53. The predicted molar refractivity (Wildman–Crippen MR) is 120 cm³/mol. The summed E-state index contributed by atoms with van der Waals surface area (Å²) in [4.78, 5) is 10.0. The molecule has 0 bridgehead atoms. The molecule has 0 unspecified atom stereocenters. The number of pyridine rings is 1. The summed E-state index contributed by atoms with van der Waals surface area (Å²) in [6.07, 6.45) is 7.35. The van der Waals surface area contributed by atoms with E-state index in [-0.39, 0.29) is 12.0 Å². The minimum Gasteiger partial charge on any atom is -0.420 e. The van der Waals surface area contributed by atoms with Crippen molar-refractivity contribution in [3.63, 3.8) is 0 Å². The standard InChI is InChI=1S/C23H22BrN5O2/c1-29-12-15(22-28-27-21(31-22)14-6-16(24)11-25-9-14)8-23(30-2)17-4-3-5-18-20(17)13(10-26-18)7-19(23)29/h3-6,9-11,15,19,26H,7-8,12H2,1-2H3/t15-,19-,23+/m1/s1. The summed E-state index contributed by atoms with van der Waals surface area (Å²) >= 11 is 3.45. The van der Waals surface area contributed by atoms with Crippen LogP contribution in [0.4, 0.5) is 0 Å². The van der Waals surface area contributed by atoms with Gasteiger partial charge in [0.05, 0.1) is 11.5 Å². The zero-order chi connectivity index (χ0) is 21.2. The number of hydrogen-bond acceptors (Lipinski definition) is 6. The lowest BCUT2D eigenvalue weighted by atomic mass is 9.68. The molecule has 2 aliphatic rings. The number of aromatic nitrogens is 4. The van der Waals surface area contributed by atoms with Gasteiger partial charge >= 0.3 is 0 Å². The van der Waals surface area contributed by atoms with Crippen LogP contribution in [-0.4, -0.2) is 51.8 Å². The maximum atomic E-state index is 6.37. The normalized spacial score (nSPS) is 25.6. The molecule has 7 nitrogen and oxygen atoms in total. The van der Waals surface area contributed by atoms with Gasteiger partial charge in [0.2, 0.25) is 11.8 Å². The number of aromatic amines is 1. The van der Waals surface area contributed by atoms with Gasteiger partial charge in [-0.15, -0.1) is 10.2 Å². The highest BCUT2D eigenvalue weighted by atomic mass is 79.9. The number of likely N-dealkylation sites (N-methyl/N-ethyl adjacent to an activating group) is 1. The van der Waals surface area contributed by atoms with Gasteiger partial charge in [-0.25, -0.2) is 0 Å². The molecule has 4 aromatic rings. The first-order valence-corrected chi connectivity index (χ1v) is 11.2. The summed E-state index contributed by atoms with van der Waals surface area (Å²) < 4.78 is 13.4. The van der Waals surface area contributed by atoms with Crippen LogP contribution < -0.4 is 0 Å². The molecule has 1 aliphatic carbocycles. The van der Waals surface area contributed by atoms with Crippen LogP contribution in [0.5, 0.6) is 0 Å². The lowest BCUT2D eigenvalue weighted by Gasteiger charge is -2.52. The average Bonchev–Trinajstić information content (AvgIpc) is 3.43. The van der Waals surface area contributed by atoms with E-state index in [9.17, 15) is 0 Å². The third kappa shape index (κ3) is 2.82. The van der Waals surface area contributed by atoms with Crippen molar-refractivity contribution in [3.8, 4) is 11.5 Å². The zero-order valence-electron chi connectivity index (χ0n) is 17.3. The fourth-order valence-electron chi connectivity index (χ4n) is 5.52. The molecule has 0 amide bonds. The molecule has 1 aliphatic heterocycles. The number of piperidine rings is 1. The van der Waals surface area contributed by atoms with E-state index in [1.165, 1.54) is 16.5 Å². The zero-order valence-corrected chi connectivity index (χ0v) is 18.9. The Morgan fingerprint density at radius 3 is 3.03 bits per heavy atom. The Morgan fingerprint density at radius 2 is 2.19 bits per heavy atom. The van der Waals surface area contributed by atoms with E-state index in [1.54, 1.807) is 12.4 Å². The Morgan fingerprint density at radius 1 is 1.29 bits per heavy atom. The van der Waals surface area contributed by atoms with Gasteiger partial charge in [0, 0.05) is 53.7 Å². The number of H-pyrrole nitrogens is 1. The van der Waals surface area contributed by atoms with Crippen LogP contribution in [0.25, 0.3) is 22.4 Å². The largest absolute Gasteiger partial charge is 0.420 e. The van der Waals surface area contributed by atoms with Crippen molar-refractivity contribution in [1.29, 1.82) is 0 Å². The lowest BCUT2D eigenvalue weighted by Crippen LogP contribution is -2.58. The van der Waals surface area contributed by atoms with Crippen LogP contribution in [0.15, 0.2) is 51.7 Å². The maximum absolute atomic E-state index is 6.37. The first-order valence-electron chi connectivity index (χ1n) is 10.4. The SMILES string of the molecule is CO[C@]12C[C@@H](c3nnc(-c4cncc(Br)c4)o3)CN(C)[C@@H]1Cc1c[nH]c3cccc2c13. The summed E-state index contributed by atoms with van der Waals surface area (Å²) in [5.41, 5.74) is 4.13. The average molecular weight is 480 g/mol. The number of nitrogens with one attached hydrogen (secondary N) is 1. The summed E-state index contributed by atoms with van der Waals surface area (Å²) in [5.74, 6) is 1.20. The van der Waals surface area contributed by atoms with Gasteiger partial charge in [0.1, 0.15) is 5.60 Å². The van der Waals surface area contributed by atoms with Crippen molar-refractivity contribution in [2.24, 2.45) is 0 Å². The van der Waals surface area contributed by atoms with Gasteiger partial charge in [-0.1, -0.05) is 12.1 Å². The summed E-state index contributed by atoms with van der Waals surface area (Å²) in [6, 6.07) is 8.62. The number of rotatable bonds is 3. The second-order valence-corrected chi connectivity index (χ2v) is 9.45. The Kier molecular flexibility index (Phi) is 4.31. The molecule has 1 fully saturated rings. The molecule has 1 aromatic carbocycles. The maximum Gasteiger partial charge on any atom is 0.249 e. The van der Waals surface area contributed by atoms with E-state index in [1.807, 2.05) is 13.2 Å². The number of methoxy groups -OCH3 is 1. The Hall–Kier alpha value is -2.55. The first-order chi connectivity index (χ1) is 15.1. The molecule has 4 heterocycles. The van der Waals surface area contributed by atoms with Gasteiger partial charge in [-0.2, -0.15) is 0 Å². The molecule has 0 radical (unpaired) electrons. The fraction of sp³-hybridized carbons (Fsp3) is 0.348. The van der Waals surface area contributed by atoms with Crippen LogP contribution in [0.3, 0.4) is 0 Å². The van der Waals surface area contributed by atoms with E-state index in [2.05, 4.69) is 72.4 Å². The number of fused-ring (bicyclic) bond motifs is 2. The van der Waals surface area contributed by atoms with E-state index in [0.717, 1.165) is 34.9 Å². The molecule has 158 valence electrons. The van der Waals surface area contributed by atoms with Gasteiger partial charge < -0.3 is 14.1 Å². The van der Waals surface area contributed by atoms with Gasteiger partial charge in [-0.3, -0.25) is 9.88 Å². The fourth-order valence-corrected chi connectivity index (χ4v) is 5.89. The third-order valence-corrected chi connectivity index (χ3v) is 7.32. The van der Waals surface area contributed by atoms with Crippen molar-refractivity contribution >= 4 is 26.8 Å². The van der Waals surface area contributed by atoms with Crippen molar-refractivity contribution in [1.82, 2.24) is 25.1 Å². The second kappa shape index (κ2) is 6.98. The Bertz CT molecular complexity index is 1280. The molecular weight excluding hydrogens is 458 g/mol. The minimum absolute atomic E-state index is 0.0679. The highest BCUT2D eigenvalue weighted by molar-refractivity contribution is 9.10. The molecule has 0 spiro atoms. The van der Waals surface area contributed by atoms with Crippen LogP contribution in [0.2, 0.25) is 0 Å². The first kappa shape index (κ1) is 19.2. The van der Waals surface area contributed by atoms with Crippen LogP contribution in [-0.2, 0) is 16.8 Å². The van der Waals surface area contributed by atoms with Gasteiger partial charge in [0.15, 0.2) is 0 Å². The van der Waals surface area contributed by atoms with Crippen LogP contribution >= 0.6 is 15.9 Å². The summed E-state index contributed by atoms with van der Waals surface area (Å²) in [7, 11) is 3.99. The molecule has 1 saturated heterocycles. The van der Waals surface area contributed by atoms with Crippen LogP contribution in [0.1, 0.15) is 29.4 Å². The smallest absolute Gasteiger partial charge is 0.249 e. The molecule has 0 saturated carbocycles. The third-order valence-electron chi connectivity index (χ3n) is 6.89. The molecule has 3 aromatic heterocycles. The van der Waals surface area contributed by atoms with Gasteiger partial charge in [0.25, 0.3) is 0 Å².